The molecule has 4 heteroatoms. The van der Waals surface area contributed by atoms with Gasteiger partial charge in [-0.3, -0.25) is 4.79 Å². The number of anilines is 1. The van der Waals surface area contributed by atoms with Crippen molar-refractivity contribution in [2.24, 2.45) is 11.7 Å². The van der Waals surface area contributed by atoms with Crippen molar-refractivity contribution in [3.05, 3.63) is 24.4 Å². The molecule has 0 fully saturated rings. The fourth-order valence-corrected chi connectivity index (χ4v) is 1.56. The lowest BCUT2D eigenvalue weighted by atomic mass is 10.0. The summed E-state index contributed by atoms with van der Waals surface area (Å²) in [5.74, 6) is 0.626. The van der Waals surface area contributed by atoms with Crippen molar-refractivity contribution < 1.29 is 4.79 Å². The minimum Gasteiger partial charge on any atom is -0.328 e. The molecule has 1 heterocycles. The molecule has 0 aliphatic carbocycles. The average molecular weight is 235 g/mol. The first-order valence-electron chi connectivity index (χ1n) is 6.07. The molecule has 0 aliphatic heterocycles. The number of amides is 1. The number of hydrogen-bond donors (Lipinski definition) is 2. The molecular weight excluding hydrogens is 214 g/mol. The van der Waals surface area contributed by atoms with Gasteiger partial charge in [0.15, 0.2) is 0 Å². The standard InChI is InChI=1S/C13H21N3O/c1-10(6-5-7-11(2)14)13(17)16-12-8-3-4-9-15-12/h3-4,8-11H,5-7,14H2,1-2H3,(H,15,16,17). The highest BCUT2D eigenvalue weighted by molar-refractivity contribution is 5.91. The number of nitrogens with two attached hydrogens (primary N) is 1. The van der Waals surface area contributed by atoms with Gasteiger partial charge in [-0.05, 0) is 31.9 Å². The van der Waals surface area contributed by atoms with E-state index in [-0.39, 0.29) is 17.9 Å². The van der Waals surface area contributed by atoms with Gasteiger partial charge < -0.3 is 11.1 Å². The van der Waals surface area contributed by atoms with Gasteiger partial charge in [-0.1, -0.05) is 19.4 Å². The fourth-order valence-electron chi connectivity index (χ4n) is 1.56. The molecule has 3 N–H and O–H groups in total. The lowest BCUT2D eigenvalue weighted by molar-refractivity contribution is -0.119. The second kappa shape index (κ2) is 7.01. The van der Waals surface area contributed by atoms with Gasteiger partial charge in [0.25, 0.3) is 0 Å². The molecule has 0 saturated heterocycles. The Morgan fingerprint density at radius 1 is 1.41 bits per heavy atom. The number of nitrogens with zero attached hydrogens (tertiary/aromatic N) is 1. The van der Waals surface area contributed by atoms with Crippen LogP contribution in [0, 0.1) is 5.92 Å². The first kappa shape index (κ1) is 13.6. The predicted octanol–water partition coefficient (Wildman–Crippen LogP) is 2.17. The Morgan fingerprint density at radius 2 is 2.18 bits per heavy atom. The van der Waals surface area contributed by atoms with E-state index in [0.29, 0.717) is 5.82 Å². The van der Waals surface area contributed by atoms with Crippen LogP contribution in [0.3, 0.4) is 0 Å². The van der Waals surface area contributed by atoms with E-state index in [1.165, 1.54) is 0 Å². The van der Waals surface area contributed by atoms with Crippen molar-refractivity contribution in [2.75, 3.05) is 5.32 Å². The lowest BCUT2D eigenvalue weighted by Crippen LogP contribution is -2.22. The van der Waals surface area contributed by atoms with Crippen molar-refractivity contribution in [2.45, 2.75) is 39.2 Å². The van der Waals surface area contributed by atoms with Crippen LogP contribution in [0.15, 0.2) is 24.4 Å². The number of hydrogen-bond acceptors (Lipinski definition) is 3. The largest absolute Gasteiger partial charge is 0.328 e. The van der Waals surface area contributed by atoms with Crippen LogP contribution in [0.4, 0.5) is 5.82 Å². The maximum atomic E-state index is 11.8. The molecular formula is C13H21N3O. The Morgan fingerprint density at radius 3 is 2.76 bits per heavy atom. The van der Waals surface area contributed by atoms with Crippen LogP contribution >= 0.6 is 0 Å². The number of aromatic nitrogens is 1. The van der Waals surface area contributed by atoms with E-state index in [0.717, 1.165) is 19.3 Å². The van der Waals surface area contributed by atoms with E-state index in [4.69, 9.17) is 5.73 Å². The van der Waals surface area contributed by atoms with E-state index in [1.807, 2.05) is 26.0 Å². The molecule has 17 heavy (non-hydrogen) atoms. The van der Waals surface area contributed by atoms with Crippen LogP contribution in [0.25, 0.3) is 0 Å². The second-order valence-corrected chi connectivity index (χ2v) is 4.51. The molecule has 0 aliphatic rings. The molecule has 2 unspecified atom stereocenters. The zero-order chi connectivity index (χ0) is 12.7. The van der Waals surface area contributed by atoms with Crippen molar-refractivity contribution in [1.29, 1.82) is 0 Å². The summed E-state index contributed by atoms with van der Waals surface area (Å²) in [6.07, 6.45) is 4.46. The van der Waals surface area contributed by atoms with Crippen LogP contribution < -0.4 is 11.1 Å². The molecule has 4 nitrogen and oxygen atoms in total. The van der Waals surface area contributed by atoms with Gasteiger partial charge in [0.05, 0.1) is 0 Å². The summed E-state index contributed by atoms with van der Waals surface area (Å²) in [6.45, 7) is 3.91. The van der Waals surface area contributed by atoms with Crippen LogP contribution in [0.2, 0.25) is 0 Å². The summed E-state index contributed by atoms with van der Waals surface area (Å²) in [5, 5.41) is 2.80. The van der Waals surface area contributed by atoms with Crippen LogP contribution in [0.1, 0.15) is 33.1 Å². The number of rotatable bonds is 6. The molecule has 0 spiro atoms. The highest BCUT2D eigenvalue weighted by atomic mass is 16.1. The lowest BCUT2D eigenvalue weighted by Gasteiger charge is -2.12. The number of nitrogens with one attached hydrogen (secondary N) is 1. The second-order valence-electron chi connectivity index (χ2n) is 4.51. The van der Waals surface area contributed by atoms with Crippen molar-refractivity contribution in [3.63, 3.8) is 0 Å². The molecule has 1 amide bonds. The van der Waals surface area contributed by atoms with Gasteiger partial charge in [-0.25, -0.2) is 4.98 Å². The molecule has 0 saturated carbocycles. The Hall–Kier alpha value is -1.42. The minimum absolute atomic E-state index is 0.00393. The minimum atomic E-state index is -0.00393. The van der Waals surface area contributed by atoms with Gasteiger partial charge in [0.2, 0.25) is 5.91 Å². The third kappa shape index (κ3) is 5.45. The maximum absolute atomic E-state index is 11.8. The van der Waals surface area contributed by atoms with Gasteiger partial charge >= 0.3 is 0 Å². The molecule has 0 bridgehead atoms. The van der Waals surface area contributed by atoms with Crippen LogP contribution in [0.5, 0.6) is 0 Å². The topological polar surface area (TPSA) is 68.0 Å². The number of carbonyl (C=O) groups excluding carboxylic acids is 1. The third-order valence-corrected chi connectivity index (χ3v) is 2.66. The van der Waals surface area contributed by atoms with Crippen LogP contribution in [-0.4, -0.2) is 16.9 Å². The Bertz CT molecular complexity index is 338. The van der Waals surface area contributed by atoms with E-state index in [2.05, 4.69) is 10.3 Å². The fraction of sp³-hybridized carbons (Fsp3) is 0.538. The van der Waals surface area contributed by atoms with Crippen molar-refractivity contribution in [3.8, 4) is 0 Å². The van der Waals surface area contributed by atoms with E-state index >= 15 is 0 Å². The van der Waals surface area contributed by atoms with Gasteiger partial charge in [0.1, 0.15) is 5.82 Å². The SMILES string of the molecule is CC(N)CCCC(C)C(=O)Nc1ccccn1. The molecule has 94 valence electrons. The number of pyridine rings is 1. The van der Waals surface area contributed by atoms with E-state index in [9.17, 15) is 4.79 Å². The maximum Gasteiger partial charge on any atom is 0.228 e. The van der Waals surface area contributed by atoms with E-state index in [1.54, 1.807) is 12.3 Å². The Kier molecular flexibility index (Phi) is 5.63. The zero-order valence-electron chi connectivity index (χ0n) is 10.5. The van der Waals surface area contributed by atoms with E-state index < -0.39 is 0 Å². The molecule has 1 rings (SSSR count). The molecule has 0 aromatic carbocycles. The normalized spacial score (nSPS) is 14.1. The van der Waals surface area contributed by atoms with Crippen molar-refractivity contribution in [1.82, 2.24) is 4.98 Å². The zero-order valence-corrected chi connectivity index (χ0v) is 10.5. The summed E-state index contributed by atoms with van der Waals surface area (Å²) in [6, 6.07) is 5.67. The summed E-state index contributed by atoms with van der Waals surface area (Å²) in [7, 11) is 0. The quantitative estimate of drug-likeness (QED) is 0.794. The van der Waals surface area contributed by atoms with Crippen LogP contribution in [-0.2, 0) is 4.79 Å². The summed E-state index contributed by atoms with van der Waals surface area (Å²) >= 11 is 0. The summed E-state index contributed by atoms with van der Waals surface area (Å²) in [4.78, 5) is 15.9. The Labute approximate surface area is 103 Å². The smallest absolute Gasteiger partial charge is 0.228 e. The monoisotopic (exact) mass is 235 g/mol. The van der Waals surface area contributed by atoms with Gasteiger partial charge in [-0.2, -0.15) is 0 Å². The summed E-state index contributed by atoms with van der Waals surface area (Å²) < 4.78 is 0. The molecule has 1 aromatic rings. The molecule has 0 radical (unpaired) electrons. The number of carbonyl (C=O) groups is 1. The van der Waals surface area contributed by atoms with Crippen molar-refractivity contribution >= 4 is 11.7 Å². The van der Waals surface area contributed by atoms with Gasteiger partial charge in [-0.15, -0.1) is 0 Å². The summed E-state index contributed by atoms with van der Waals surface area (Å²) in [5.41, 5.74) is 5.67. The first-order valence-corrected chi connectivity index (χ1v) is 6.07. The average Bonchev–Trinajstić information content (AvgIpc) is 2.29. The third-order valence-electron chi connectivity index (χ3n) is 2.66. The highest BCUT2D eigenvalue weighted by Crippen LogP contribution is 2.11. The predicted molar refractivity (Wildman–Crippen MR) is 69.5 cm³/mol. The Balaban J connectivity index is 2.32. The molecule has 2 atom stereocenters. The highest BCUT2D eigenvalue weighted by Gasteiger charge is 2.13. The van der Waals surface area contributed by atoms with Gasteiger partial charge in [0, 0.05) is 18.2 Å². The molecule has 1 aromatic heterocycles. The first-order chi connectivity index (χ1) is 8.09.